The summed E-state index contributed by atoms with van der Waals surface area (Å²) in [6.07, 6.45) is 6.00. The Morgan fingerprint density at radius 2 is 1.28 bits per heavy atom. The second kappa shape index (κ2) is 14.8. The molecule has 1 aromatic heterocycles. The van der Waals surface area contributed by atoms with E-state index in [0.29, 0.717) is 0 Å². The Hall–Kier alpha value is -5.38. The smallest absolute Gasteiger partial charge is 0.135 e. The first-order valence-electron chi connectivity index (χ1n) is 17.9. The third-order valence-electron chi connectivity index (χ3n) is 9.77. The van der Waals surface area contributed by atoms with Gasteiger partial charge in [0, 0.05) is 37.9 Å². The number of rotatable bonds is 6. The fourth-order valence-electron chi connectivity index (χ4n) is 7.02. The van der Waals surface area contributed by atoms with Gasteiger partial charge in [-0.05, 0) is 70.4 Å². The molecule has 3 heterocycles. The average Bonchev–Trinajstić information content (AvgIpc) is 3.66. The van der Waals surface area contributed by atoms with E-state index in [4.69, 9.17) is 4.98 Å². The molecule has 0 saturated carbocycles. The van der Waals surface area contributed by atoms with Crippen LogP contribution in [0.15, 0.2) is 174 Å². The molecule has 4 nitrogen and oxygen atoms in total. The second-order valence-electron chi connectivity index (χ2n) is 14.3. The number of anilines is 5. The van der Waals surface area contributed by atoms with Crippen LogP contribution in [0.5, 0.6) is 0 Å². The minimum absolute atomic E-state index is 0. The van der Waals surface area contributed by atoms with Crippen molar-refractivity contribution in [1.82, 2.24) is 4.98 Å². The van der Waals surface area contributed by atoms with Gasteiger partial charge < -0.3 is 14.7 Å². The predicted octanol–water partition coefficient (Wildman–Crippen LogP) is 12.8. The molecule has 0 fully saturated rings. The molecule has 0 amide bonds. The molecule has 0 aliphatic carbocycles. The molecule has 2 aliphatic heterocycles. The molecule has 0 radical (unpaired) electrons. The number of pyridine rings is 1. The summed E-state index contributed by atoms with van der Waals surface area (Å²) in [5.41, 5.74) is 12.5. The van der Waals surface area contributed by atoms with Gasteiger partial charge in [0.15, 0.2) is 0 Å². The van der Waals surface area contributed by atoms with E-state index >= 15 is 0 Å². The van der Waals surface area contributed by atoms with Crippen LogP contribution in [0.1, 0.15) is 26.3 Å². The summed E-state index contributed by atoms with van der Waals surface area (Å²) < 4.78 is 0. The van der Waals surface area contributed by atoms with Gasteiger partial charge in [-0.2, -0.15) is 30.3 Å². The third kappa shape index (κ3) is 6.90. The van der Waals surface area contributed by atoms with Crippen LogP contribution in [-0.2, 0) is 25.8 Å². The van der Waals surface area contributed by atoms with E-state index < -0.39 is 0 Å². The zero-order valence-electron chi connectivity index (χ0n) is 30.2. The Morgan fingerprint density at radius 1 is 0.593 bits per heavy atom. The van der Waals surface area contributed by atoms with Gasteiger partial charge in [0.25, 0.3) is 0 Å². The zero-order valence-corrected chi connectivity index (χ0v) is 32.6. The van der Waals surface area contributed by atoms with Crippen molar-refractivity contribution >= 4 is 40.3 Å². The Kier molecular flexibility index (Phi) is 9.77. The van der Waals surface area contributed by atoms with E-state index in [2.05, 4.69) is 200 Å². The fraction of sp³-hybridized carbons (Fsp3) is 0.0833. The van der Waals surface area contributed by atoms with Crippen LogP contribution in [0.25, 0.3) is 33.4 Å². The quantitative estimate of drug-likeness (QED) is 0.123. The molecule has 6 aromatic carbocycles. The molecule has 0 bridgehead atoms. The Labute approximate surface area is 336 Å². The van der Waals surface area contributed by atoms with E-state index in [1.54, 1.807) is 11.8 Å². The van der Waals surface area contributed by atoms with Crippen LogP contribution >= 0.6 is 11.8 Å². The second-order valence-corrected chi connectivity index (χ2v) is 15.4. The molecule has 7 aromatic rings. The molecule has 0 spiro atoms. The topological polar surface area (TPSA) is 22.6 Å². The number of aromatic nitrogens is 1. The van der Waals surface area contributed by atoms with Gasteiger partial charge in [0.05, 0.1) is 5.69 Å². The van der Waals surface area contributed by atoms with Crippen molar-refractivity contribution in [3.8, 4) is 33.4 Å². The molecular formula is C48H37N4PdS-3. The first kappa shape index (κ1) is 35.6. The Bertz CT molecular complexity index is 2460. The van der Waals surface area contributed by atoms with E-state index in [1.165, 1.54) is 22.3 Å². The van der Waals surface area contributed by atoms with Crippen molar-refractivity contribution in [2.45, 2.75) is 36.0 Å². The van der Waals surface area contributed by atoms with Crippen molar-refractivity contribution in [2.75, 3.05) is 14.7 Å². The maximum absolute atomic E-state index is 4.92. The van der Waals surface area contributed by atoms with E-state index in [-0.39, 0.29) is 25.8 Å². The zero-order chi connectivity index (χ0) is 35.9. The molecule has 54 heavy (non-hydrogen) atoms. The van der Waals surface area contributed by atoms with Gasteiger partial charge in [0.2, 0.25) is 0 Å². The standard InChI is InChI=1S/C48H37N4S.Pd/c1-48(2,3)36-22-19-34(20-23-36)35-21-25-43-41-16-7-8-17-42(41)44-26-24-40(32-46(44)52(45(43)30-35)47-18-9-10-27-49-47)53-39-15-11-14-38(31-39)51-29-28-50(33-51)37-12-5-4-6-13-37;/h4-30,33H,1-3H3;/q-3;. The number of fused-ring (bicyclic) bond motifs is 5. The maximum atomic E-state index is 4.92. The minimum Gasteiger partial charge on any atom is -0.500 e. The van der Waals surface area contributed by atoms with Crippen LogP contribution in [0, 0.1) is 18.8 Å². The summed E-state index contributed by atoms with van der Waals surface area (Å²) >= 11 is 1.66. The van der Waals surface area contributed by atoms with Crippen molar-refractivity contribution in [1.29, 1.82) is 0 Å². The molecule has 9 rings (SSSR count). The van der Waals surface area contributed by atoms with Crippen LogP contribution in [0.3, 0.4) is 0 Å². The first-order chi connectivity index (χ1) is 25.9. The largest absolute Gasteiger partial charge is 0.500 e. The summed E-state index contributed by atoms with van der Waals surface area (Å²) in [5.74, 6) is 0.842. The summed E-state index contributed by atoms with van der Waals surface area (Å²) in [4.78, 5) is 13.4. The molecule has 0 N–H and O–H groups in total. The van der Waals surface area contributed by atoms with Gasteiger partial charge in [-0.15, -0.1) is 51.6 Å². The summed E-state index contributed by atoms with van der Waals surface area (Å²) in [6.45, 7) is 8.84. The molecule has 0 saturated heterocycles. The third-order valence-corrected chi connectivity index (χ3v) is 10.7. The van der Waals surface area contributed by atoms with Crippen molar-refractivity contribution in [3.63, 3.8) is 0 Å². The van der Waals surface area contributed by atoms with Gasteiger partial charge >= 0.3 is 0 Å². The monoisotopic (exact) mass is 807 g/mol. The van der Waals surface area contributed by atoms with Crippen LogP contribution in [-0.4, -0.2) is 4.98 Å². The molecule has 2 aliphatic rings. The SMILES string of the molecule is CC(C)(C)c1ccc(-c2ccc3c(c2)N(c2ccccn2)c2[c-]c(Sc4[c-]c(N5C=CN(c6ccccc6)[CH-]5)ccc4)ccc2-c2ccccc2-3)cc1.[Pd]. The van der Waals surface area contributed by atoms with E-state index in [9.17, 15) is 0 Å². The Balaban J connectivity index is 0.00000413. The maximum Gasteiger partial charge on any atom is 0.135 e. The molecule has 6 heteroatoms. The van der Waals surface area contributed by atoms with Gasteiger partial charge in [0.1, 0.15) is 5.82 Å². The van der Waals surface area contributed by atoms with Gasteiger partial charge in [-0.1, -0.05) is 117 Å². The van der Waals surface area contributed by atoms with E-state index in [0.717, 1.165) is 55.0 Å². The normalized spacial score (nSPS) is 13.1. The Morgan fingerprint density at radius 3 is 2.04 bits per heavy atom. The fourth-order valence-corrected chi connectivity index (χ4v) is 7.84. The van der Waals surface area contributed by atoms with Crippen molar-refractivity contribution in [2.24, 2.45) is 0 Å². The van der Waals surface area contributed by atoms with Crippen LogP contribution < -0.4 is 14.7 Å². The number of hydrogen-bond donors (Lipinski definition) is 0. The molecule has 0 atom stereocenters. The summed E-state index contributed by atoms with van der Waals surface area (Å²) in [7, 11) is 0. The van der Waals surface area contributed by atoms with Crippen LogP contribution in [0.4, 0.5) is 28.6 Å². The number of benzene rings is 6. The van der Waals surface area contributed by atoms with E-state index in [1.807, 2.05) is 18.3 Å². The van der Waals surface area contributed by atoms with Gasteiger partial charge in [-0.3, -0.25) is 0 Å². The average molecular weight is 808 g/mol. The number of nitrogens with zero attached hydrogens (tertiary/aromatic N) is 4. The number of hydrogen-bond acceptors (Lipinski definition) is 5. The number of para-hydroxylation sites is 1. The molecule has 268 valence electrons. The van der Waals surface area contributed by atoms with Crippen molar-refractivity contribution in [3.05, 3.63) is 189 Å². The summed E-state index contributed by atoms with van der Waals surface area (Å²) in [6, 6.07) is 59.2. The van der Waals surface area contributed by atoms with Crippen LogP contribution in [0.2, 0.25) is 0 Å². The minimum atomic E-state index is 0. The van der Waals surface area contributed by atoms with Gasteiger partial charge in [-0.25, -0.2) is 4.98 Å². The molecule has 0 unspecified atom stereocenters. The van der Waals surface area contributed by atoms with Crippen molar-refractivity contribution < 1.29 is 20.4 Å². The first-order valence-corrected chi connectivity index (χ1v) is 18.7. The predicted molar refractivity (Wildman–Crippen MR) is 221 cm³/mol. The summed E-state index contributed by atoms with van der Waals surface area (Å²) in [5, 5.41) is 0. The molecular weight excluding hydrogens is 771 g/mol.